The molecule has 5 heteroatoms. The van der Waals surface area contributed by atoms with Crippen molar-refractivity contribution in [3.8, 4) is 0 Å². The van der Waals surface area contributed by atoms with Crippen molar-refractivity contribution >= 4 is 12.0 Å². The minimum atomic E-state index is -0.509. The molecule has 0 radical (unpaired) electrons. The van der Waals surface area contributed by atoms with Gasteiger partial charge >= 0.3 is 6.09 Å². The average Bonchev–Trinajstić information content (AvgIpc) is 2.61. The maximum Gasteiger partial charge on any atom is 0.408 e. The van der Waals surface area contributed by atoms with E-state index < -0.39 is 11.7 Å². The molecule has 0 bridgehead atoms. The number of nitrogens with one attached hydrogen (secondary N) is 1. The van der Waals surface area contributed by atoms with Crippen molar-refractivity contribution < 1.29 is 14.3 Å². The molecule has 0 aromatic rings. The molecule has 1 aliphatic carbocycles. The van der Waals surface area contributed by atoms with Crippen molar-refractivity contribution in [1.29, 1.82) is 0 Å². The van der Waals surface area contributed by atoms with E-state index in [0.29, 0.717) is 6.42 Å². The van der Waals surface area contributed by atoms with Crippen LogP contribution in [0.4, 0.5) is 4.79 Å². The van der Waals surface area contributed by atoms with Crippen LogP contribution >= 0.6 is 0 Å². The van der Waals surface area contributed by atoms with Crippen LogP contribution in [0.25, 0.3) is 0 Å². The zero-order valence-corrected chi connectivity index (χ0v) is 11.7. The Kier molecular flexibility index (Phi) is 4.38. The largest absolute Gasteiger partial charge is 0.444 e. The number of ether oxygens (including phenoxy) is 1. The summed E-state index contributed by atoms with van der Waals surface area (Å²) in [6.07, 6.45) is 3.83. The molecule has 0 spiro atoms. The molecule has 0 unspecified atom stereocenters. The summed E-state index contributed by atoms with van der Waals surface area (Å²) in [5.74, 6) is -0.0975. The van der Waals surface area contributed by atoms with Crippen molar-refractivity contribution in [3.05, 3.63) is 12.2 Å². The average molecular weight is 254 g/mol. The molecule has 0 fully saturated rings. The van der Waals surface area contributed by atoms with Crippen molar-refractivity contribution in [2.75, 3.05) is 14.1 Å². The van der Waals surface area contributed by atoms with Gasteiger partial charge in [-0.25, -0.2) is 4.79 Å². The highest BCUT2D eigenvalue weighted by molar-refractivity contribution is 5.81. The highest BCUT2D eigenvalue weighted by Gasteiger charge is 2.28. The van der Waals surface area contributed by atoms with Gasteiger partial charge < -0.3 is 15.0 Å². The third-order valence-corrected chi connectivity index (χ3v) is 2.54. The molecular weight excluding hydrogens is 232 g/mol. The van der Waals surface area contributed by atoms with Crippen molar-refractivity contribution in [2.45, 2.75) is 38.8 Å². The summed E-state index contributed by atoms with van der Waals surface area (Å²) in [6.45, 7) is 5.44. The number of nitrogens with zero attached hydrogens (tertiary/aromatic N) is 1. The maximum atomic E-state index is 11.7. The minimum absolute atomic E-state index is 0.0553. The summed E-state index contributed by atoms with van der Waals surface area (Å²) in [7, 11) is 3.45. The fourth-order valence-corrected chi connectivity index (χ4v) is 1.78. The van der Waals surface area contributed by atoms with E-state index in [0.717, 1.165) is 0 Å². The Morgan fingerprint density at radius 1 is 1.28 bits per heavy atom. The van der Waals surface area contributed by atoms with Gasteiger partial charge in [-0.15, -0.1) is 0 Å². The zero-order chi connectivity index (χ0) is 13.9. The van der Waals surface area contributed by atoms with Crippen LogP contribution in [0.1, 0.15) is 27.2 Å². The lowest BCUT2D eigenvalue weighted by Gasteiger charge is -2.22. The van der Waals surface area contributed by atoms with Crippen molar-refractivity contribution in [2.24, 2.45) is 5.92 Å². The second-order valence-electron chi connectivity index (χ2n) is 5.71. The topological polar surface area (TPSA) is 58.6 Å². The lowest BCUT2D eigenvalue weighted by Crippen LogP contribution is -2.38. The van der Waals surface area contributed by atoms with Gasteiger partial charge in [0.15, 0.2) is 0 Å². The van der Waals surface area contributed by atoms with E-state index in [4.69, 9.17) is 4.74 Å². The van der Waals surface area contributed by atoms with E-state index >= 15 is 0 Å². The molecule has 5 nitrogen and oxygen atoms in total. The quantitative estimate of drug-likeness (QED) is 0.760. The van der Waals surface area contributed by atoms with Gasteiger partial charge in [0, 0.05) is 14.1 Å². The van der Waals surface area contributed by atoms with Crippen LogP contribution in [0.5, 0.6) is 0 Å². The van der Waals surface area contributed by atoms with Gasteiger partial charge in [-0.2, -0.15) is 0 Å². The molecular formula is C13H22N2O3. The second-order valence-corrected chi connectivity index (χ2v) is 5.71. The predicted molar refractivity (Wildman–Crippen MR) is 69.1 cm³/mol. The minimum Gasteiger partial charge on any atom is -0.444 e. The smallest absolute Gasteiger partial charge is 0.408 e. The number of carbonyl (C=O) groups is 2. The van der Waals surface area contributed by atoms with Gasteiger partial charge in [-0.05, 0) is 27.2 Å². The fourth-order valence-electron chi connectivity index (χ4n) is 1.78. The van der Waals surface area contributed by atoms with Crippen LogP contribution in [0, 0.1) is 5.92 Å². The summed E-state index contributed by atoms with van der Waals surface area (Å²) in [5, 5.41) is 2.74. The van der Waals surface area contributed by atoms with Gasteiger partial charge in [0.2, 0.25) is 5.91 Å². The van der Waals surface area contributed by atoms with Crippen LogP contribution in [0.3, 0.4) is 0 Å². The Morgan fingerprint density at radius 2 is 1.89 bits per heavy atom. The molecule has 0 saturated heterocycles. The summed E-state index contributed by atoms with van der Waals surface area (Å²) < 4.78 is 5.16. The summed E-state index contributed by atoms with van der Waals surface area (Å²) in [6, 6.07) is -0.131. The normalized spacial score (nSPS) is 22.7. The van der Waals surface area contributed by atoms with E-state index in [1.165, 1.54) is 0 Å². The molecule has 0 aromatic carbocycles. The standard InChI is InChI=1S/C13H22N2O3/c1-13(2,3)18-12(17)14-10-7-6-9(8-10)11(16)15(4)5/h6-7,9-10H,8H2,1-5H3,(H,14,17)/t9-,10+/m1/s1. The first-order chi connectivity index (χ1) is 8.19. The number of hydrogen-bond acceptors (Lipinski definition) is 3. The first kappa shape index (κ1) is 14.5. The maximum absolute atomic E-state index is 11.7. The molecule has 2 atom stereocenters. The van der Waals surface area contributed by atoms with Crippen LogP contribution in [-0.4, -0.2) is 42.6 Å². The van der Waals surface area contributed by atoms with Crippen molar-refractivity contribution in [1.82, 2.24) is 10.2 Å². The Morgan fingerprint density at radius 3 is 2.39 bits per heavy atom. The second kappa shape index (κ2) is 5.42. The van der Waals surface area contributed by atoms with E-state index in [2.05, 4.69) is 5.32 Å². The highest BCUT2D eigenvalue weighted by Crippen LogP contribution is 2.20. The Bertz CT molecular complexity index is 356. The van der Waals surface area contributed by atoms with Gasteiger partial charge in [-0.3, -0.25) is 4.79 Å². The number of rotatable bonds is 2. The highest BCUT2D eigenvalue weighted by atomic mass is 16.6. The van der Waals surface area contributed by atoms with Crippen molar-refractivity contribution in [3.63, 3.8) is 0 Å². The summed E-state index contributed by atoms with van der Waals surface area (Å²) >= 11 is 0. The molecule has 1 rings (SSSR count). The monoisotopic (exact) mass is 254 g/mol. The third-order valence-electron chi connectivity index (χ3n) is 2.54. The van der Waals surface area contributed by atoms with E-state index in [-0.39, 0.29) is 17.9 Å². The zero-order valence-electron chi connectivity index (χ0n) is 11.7. The number of alkyl carbamates (subject to hydrolysis) is 1. The van der Waals surface area contributed by atoms with Gasteiger partial charge in [-0.1, -0.05) is 12.2 Å². The van der Waals surface area contributed by atoms with Crippen LogP contribution < -0.4 is 5.32 Å². The molecule has 0 aliphatic heterocycles. The van der Waals surface area contributed by atoms with Gasteiger partial charge in [0.05, 0.1) is 12.0 Å². The summed E-state index contributed by atoms with van der Waals surface area (Å²) in [5.41, 5.74) is -0.509. The molecule has 102 valence electrons. The molecule has 18 heavy (non-hydrogen) atoms. The number of amides is 2. The van der Waals surface area contributed by atoms with E-state index in [1.807, 2.05) is 32.9 Å². The van der Waals surface area contributed by atoms with E-state index in [1.54, 1.807) is 19.0 Å². The van der Waals surface area contributed by atoms with Gasteiger partial charge in [0.25, 0.3) is 0 Å². The SMILES string of the molecule is CN(C)C(=O)[C@@H]1C=C[C@H](NC(=O)OC(C)(C)C)C1. The predicted octanol–water partition coefficient (Wildman–Crippen LogP) is 1.54. The third kappa shape index (κ3) is 4.39. The van der Waals surface area contributed by atoms with Crippen LogP contribution in [0.15, 0.2) is 12.2 Å². The number of carbonyl (C=O) groups excluding carboxylic acids is 2. The Labute approximate surface area is 108 Å². The van der Waals surface area contributed by atoms with E-state index in [9.17, 15) is 9.59 Å². The molecule has 0 saturated carbocycles. The Balaban J connectivity index is 2.43. The molecule has 1 N–H and O–H groups in total. The lowest BCUT2D eigenvalue weighted by molar-refractivity contribution is -0.131. The molecule has 0 aromatic heterocycles. The van der Waals surface area contributed by atoms with Crippen LogP contribution in [-0.2, 0) is 9.53 Å². The van der Waals surface area contributed by atoms with Crippen LogP contribution in [0.2, 0.25) is 0 Å². The number of hydrogen-bond donors (Lipinski definition) is 1. The van der Waals surface area contributed by atoms with Gasteiger partial charge in [0.1, 0.15) is 5.60 Å². The molecule has 0 heterocycles. The fraction of sp³-hybridized carbons (Fsp3) is 0.692. The first-order valence-corrected chi connectivity index (χ1v) is 6.08. The lowest BCUT2D eigenvalue weighted by atomic mass is 10.1. The Hall–Kier alpha value is -1.52. The summed E-state index contributed by atoms with van der Waals surface area (Å²) in [4.78, 5) is 24.9. The molecule has 1 aliphatic rings. The first-order valence-electron chi connectivity index (χ1n) is 6.08. The molecule has 2 amide bonds.